The number of carbonyl (C=O) groups is 1. The van der Waals surface area contributed by atoms with Gasteiger partial charge in [-0.3, -0.25) is 4.79 Å². The number of hydrogen-bond acceptors (Lipinski definition) is 5. The maximum absolute atomic E-state index is 11.5. The summed E-state index contributed by atoms with van der Waals surface area (Å²) in [5, 5.41) is 14.4. The molecular formula is C17H17BN2O4. The van der Waals surface area contributed by atoms with Crippen LogP contribution in [-0.4, -0.2) is 43.3 Å². The van der Waals surface area contributed by atoms with Crippen LogP contribution in [0.3, 0.4) is 0 Å². The fourth-order valence-corrected chi connectivity index (χ4v) is 2.68. The molecule has 2 aromatic carbocycles. The van der Waals surface area contributed by atoms with Gasteiger partial charge in [-0.05, 0) is 34.3 Å². The summed E-state index contributed by atoms with van der Waals surface area (Å²) >= 11 is 0. The second-order valence-electron chi connectivity index (χ2n) is 5.40. The molecule has 1 aliphatic rings. The van der Waals surface area contributed by atoms with Gasteiger partial charge >= 0.3 is 7.05 Å². The van der Waals surface area contributed by atoms with E-state index in [1.54, 1.807) is 20.4 Å². The summed E-state index contributed by atoms with van der Waals surface area (Å²) in [5.74, 6) is 0.954. The molecular weight excluding hydrogens is 307 g/mol. The van der Waals surface area contributed by atoms with Crippen LogP contribution in [0, 0.1) is 0 Å². The van der Waals surface area contributed by atoms with Gasteiger partial charge in [0, 0.05) is 6.92 Å². The summed E-state index contributed by atoms with van der Waals surface area (Å²) < 4.78 is 10.6. The normalized spacial score (nSPS) is 12.8. The molecule has 0 saturated heterocycles. The van der Waals surface area contributed by atoms with Gasteiger partial charge in [-0.1, -0.05) is 24.3 Å². The van der Waals surface area contributed by atoms with E-state index in [1.165, 1.54) is 6.92 Å². The maximum Gasteiger partial charge on any atom is 0.474 e. The largest absolute Gasteiger partial charge is 0.493 e. The molecule has 0 aromatic heterocycles. The first-order chi connectivity index (χ1) is 11.5. The van der Waals surface area contributed by atoms with E-state index in [-0.39, 0.29) is 5.91 Å². The zero-order valence-electron chi connectivity index (χ0n) is 13.7. The van der Waals surface area contributed by atoms with Gasteiger partial charge in [-0.2, -0.15) is 5.10 Å². The second kappa shape index (κ2) is 6.37. The van der Waals surface area contributed by atoms with Crippen molar-refractivity contribution in [3.05, 3.63) is 42.0 Å². The van der Waals surface area contributed by atoms with Gasteiger partial charge in [0.05, 0.1) is 20.4 Å². The molecule has 6 nitrogen and oxygen atoms in total. The number of ether oxygens (including phenoxy) is 2. The van der Waals surface area contributed by atoms with E-state index in [9.17, 15) is 9.82 Å². The van der Waals surface area contributed by atoms with Gasteiger partial charge in [0.25, 0.3) is 0 Å². The van der Waals surface area contributed by atoms with Gasteiger partial charge in [0.15, 0.2) is 11.5 Å². The number of carbonyl (C=O) groups excluding carboxylic acids is 1. The van der Waals surface area contributed by atoms with E-state index < -0.39 is 7.05 Å². The average Bonchev–Trinajstić information content (AvgIpc) is 2.61. The van der Waals surface area contributed by atoms with Crippen LogP contribution in [0.4, 0.5) is 0 Å². The summed E-state index contributed by atoms with van der Waals surface area (Å²) in [6, 6.07) is 11.3. The zero-order valence-corrected chi connectivity index (χ0v) is 13.7. The van der Waals surface area contributed by atoms with E-state index in [2.05, 4.69) is 5.10 Å². The molecule has 3 rings (SSSR count). The molecule has 0 saturated carbocycles. The van der Waals surface area contributed by atoms with Crippen molar-refractivity contribution in [3.8, 4) is 22.6 Å². The summed E-state index contributed by atoms with van der Waals surface area (Å²) in [7, 11) is 2.07. The van der Waals surface area contributed by atoms with Gasteiger partial charge < -0.3 is 14.5 Å². The highest BCUT2D eigenvalue weighted by atomic mass is 16.5. The van der Waals surface area contributed by atoms with E-state index in [4.69, 9.17) is 9.47 Å². The van der Waals surface area contributed by atoms with Crippen LogP contribution in [-0.2, 0) is 4.79 Å². The summed E-state index contributed by atoms with van der Waals surface area (Å²) in [5.41, 5.74) is 3.23. The fraction of sp³-hybridized carbons (Fsp3) is 0.176. The minimum atomic E-state index is -1.09. The van der Waals surface area contributed by atoms with E-state index in [1.807, 2.05) is 36.4 Å². The second-order valence-corrected chi connectivity index (χ2v) is 5.40. The van der Waals surface area contributed by atoms with Crippen molar-refractivity contribution in [1.82, 2.24) is 4.92 Å². The minimum Gasteiger partial charge on any atom is -0.493 e. The highest BCUT2D eigenvalue weighted by Gasteiger charge is 2.31. The van der Waals surface area contributed by atoms with Crippen molar-refractivity contribution in [2.75, 3.05) is 14.2 Å². The first kappa shape index (κ1) is 16.1. The molecule has 1 amide bonds. The third-order valence-corrected chi connectivity index (χ3v) is 3.96. The Morgan fingerprint density at radius 3 is 2.42 bits per heavy atom. The highest BCUT2D eigenvalue weighted by molar-refractivity contribution is 6.67. The molecule has 0 bridgehead atoms. The van der Waals surface area contributed by atoms with Crippen LogP contribution in [0.5, 0.6) is 11.5 Å². The number of amides is 1. The molecule has 0 fully saturated rings. The fourth-order valence-electron chi connectivity index (χ4n) is 2.68. The molecule has 0 radical (unpaired) electrons. The number of fused-ring (bicyclic) bond motifs is 1. The standard InChI is InChI=1S/C17H17BN2O4/c1-11(21)20-18(22)15-8-12(4-5-14(15)10-19-20)13-6-7-16(23-2)17(9-13)24-3/h4-10,22H,1-3H3. The molecule has 0 spiro atoms. The molecule has 0 atom stereocenters. The molecule has 24 heavy (non-hydrogen) atoms. The summed E-state index contributed by atoms with van der Waals surface area (Å²) in [6.07, 6.45) is 1.57. The molecule has 1 aliphatic heterocycles. The number of nitrogens with zero attached hydrogens (tertiary/aromatic N) is 2. The van der Waals surface area contributed by atoms with Gasteiger partial charge in [0.2, 0.25) is 5.91 Å². The monoisotopic (exact) mass is 324 g/mol. The Balaban J connectivity index is 2.03. The Hall–Kier alpha value is -2.80. The van der Waals surface area contributed by atoms with Crippen LogP contribution in [0.15, 0.2) is 41.5 Å². The minimum absolute atomic E-state index is 0.319. The van der Waals surface area contributed by atoms with Crippen molar-refractivity contribution in [1.29, 1.82) is 0 Å². The average molecular weight is 324 g/mol. The molecule has 122 valence electrons. The van der Waals surface area contributed by atoms with Crippen LogP contribution >= 0.6 is 0 Å². The quantitative estimate of drug-likeness (QED) is 0.863. The predicted molar refractivity (Wildman–Crippen MR) is 92.7 cm³/mol. The molecule has 0 aliphatic carbocycles. The topological polar surface area (TPSA) is 71.4 Å². The molecule has 1 heterocycles. The van der Waals surface area contributed by atoms with E-state index in [0.717, 1.165) is 21.6 Å². The van der Waals surface area contributed by atoms with Crippen molar-refractivity contribution < 1.29 is 19.3 Å². The Kier molecular flexibility index (Phi) is 4.27. The van der Waals surface area contributed by atoms with Crippen molar-refractivity contribution in [3.63, 3.8) is 0 Å². The lowest BCUT2D eigenvalue weighted by Gasteiger charge is -2.24. The third kappa shape index (κ3) is 2.74. The lowest BCUT2D eigenvalue weighted by molar-refractivity contribution is -0.125. The van der Waals surface area contributed by atoms with Gasteiger partial charge in [-0.25, -0.2) is 4.92 Å². The van der Waals surface area contributed by atoms with Crippen LogP contribution < -0.4 is 14.9 Å². The number of benzene rings is 2. The van der Waals surface area contributed by atoms with Gasteiger partial charge in [-0.15, -0.1) is 0 Å². The van der Waals surface area contributed by atoms with Crippen molar-refractivity contribution >= 4 is 24.6 Å². The first-order valence-electron chi connectivity index (χ1n) is 7.43. The van der Waals surface area contributed by atoms with E-state index in [0.29, 0.717) is 17.0 Å². The van der Waals surface area contributed by atoms with Crippen LogP contribution in [0.1, 0.15) is 12.5 Å². The Morgan fingerprint density at radius 2 is 1.75 bits per heavy atom. The van der Waals surface area contributed by atoms with Gasteiger partial charge in [0.1, 0.15) is 0 Å². The molecule has 1 N–H and O–H groups in total. The highest BCUT2D eigenvalue weighted by Crippen LogP contribution is 2.32. The Morgan fingerprint density at radius 1 is 1.08 bits per heavy atom. The zero-order chi connectivity index (χ0) is 17.3. The summed E-state index contributed by atoms with van der Waals surface area (Å²) in [4.78, 5) is 12.6. The van der Waals surface area contributed by atoms with E-state index >= 15 is 0 Å². The molecule has 2 aromatic rings. The smallest absolute Gasteiger partial charge is 0.474 e. The van der Waals surface area contributed by atoms with Crippen LogP contribution in [0.25, 0.3) is 11.1 Å². The maximum atomic E-state index is 11.5. The van der Waals surface area contributed by atoms with Crippen LogP contribution in [0.2, 0.25) is 0 Å². The SMILES string of the molecule is COc1ccc(-c2ccc3c(c2)B(O)N(C(C)=O)N=C3)cc1OC. The number of hydrazone groups is 1. The Bertz CT molecular complexity index is 822. The molecule has 7 heteroatoms. The van der Waals surface area contributed by atoms with Crippen molar-refractivity contribution in [2.45, 2.75) is 6.92 Å². The number of rotatable bonds is 3. The first-order valence-corrected chi connectivity index (χ1v) is 7.43. The Labute approximate surface area is 140 Å². The predicted octanol–water partition coefficient (Wildman–Crippen LogP) is 1.25. The third-order valence-electron chi connectivity index (χ3n) is 3.96. The lowest BCUT2D eigenvalue weighted by atomic mass is 9.69. The summed E-state index contributed by atoms with van der Waals surface area (Å²) in [6.45, 7) is 1.36. The van der Waals surface area contributed by atoms with Crippen molar-refractivity contribution in [2.24, 2.45) is 5.10 Å². The molecule has 0 unspecified atom stereocenters. The number of methoxy groups -OCH3 is 2. The lowest BCUT2D eigenvalue weighted by Crippen LogP contribution is -2.51. The number of hydrogen-bond donors (Lipinski definition) is 1.